The summed E-state index contributed by atoms with van der Waals surface area (Å²) in [7, 11) is 0. The van der Waals surface area contributed by atoms with Crippen molar-refractivity contribution < 1.29 is 9.59 Å². The average Bonchev–Trinajstić information content (AvgIpc) is 2.53. The number of carbonyl (C=O) groups excluding carboxylic acids is 2. The van der Waals surface area contributed by atoms with Crippen LogP contribution in [0.3, 0.4) is 0 Å². The Bertz CT molecular complexity index is 841. The fourth-order valence-corrected chi connectivity index (χ4v) is 2.95. The highest BCUT2D eigenvalue weighted by Gasteiger charge is 2.34. The molecule has 2 amide bonds. The first-order chi connectivity index (χ1) is 11.0. The Hall–Kier alpha value is -2.89. The summed E-state index contributed by atoms with van der Waals surface area (Å²) in [6.45, 7) is 2.01. The van der Waals surface area contributed by atoms with E-state index < -0.39 is 11.9 Å². The van der Waals surface area contributed by atoms with Gasteiger partial charge in [-0.05, 0) is 23.6 Å². The van der Waals surface area contributed by atoms with Crippen molar-refractivity contribution in [3.63, 3.8) is 0 Å². The van der Waals surface area contributed by atoms with Gasteiger partial charge < -0.3 is 15.6 Å². The molecule has 0 spiro atoms. The number of primary amides is 1. The van der Waals surface area contributed by atoms with Gasteiger partial charge in [0.05, 0.1) is 5.56 Å². The van der Waals surface area contributed by atoms with Crippen LogP contribution in [0.25, 0.3) is 0 Å². The van der Waals surface area contributed by atoms with E-state index in [1.54, 1.807) is 6.92 Å². The molecule has 1 aliphatic rings. The lowest BCUT2D eigenvalue weighted by Crippen LogP contribution is -2.51. The third-order valence-corrected chi connectivity index (χ3v) is 4.20. The standard InChI is InChI=1S/C17H17N3O3/c1-10-6-15(21)19-8-13(10)17(23)20-9-12-5-3-2-4-11(12)7-14(20)16(18)22/h2-6,8,14H,7,9H2,1H3,(H2,18,22)(H,19,21)/t14-/m0/s1. The predicted molar refractivity (Wildman–Crippen MR) is 84.8 cm³/mol. The number of H-pyrrole nitrogens is 1. The second kappa shape index (κ2) is 5.72. The molecule has 3 rings (SSSR count). The van der Waals surface area contributed by atoms with Gasteiger partial charge in [-0.2, -0.15) is 0 Å². The zero-order valence-electron chi connectivity index (χ0n) is 12.7. The molecule has 1 aromatic heterocycles. The summed E-state index contributed by atoms with van der Waals surface area (Å²) in [5.74, 6) is -0.841. The van der Waals surface area contributed by atoms with Crippen molar-refractivity contribution in [3.05, 3.63) is 69.1 Å². The van der Waals surface area contributed by atoms with E-state index in [-0.39, 0.29) is 11.5 Å². The van der Waals surface area contributed by atoms with E-state index in [0.29, 0.717) is 24.1 Å². The van der Waals surface area contributed by atoms with Gasteiger partial charge in [0.2, 0.25) is 11.5 Å². The number of nitrogens with zero attached hydrogens (tertiary/aromatic N) is 1. The molecule has 2 aromatic rings. The van der Waals surface area contributed by atoms with Crippen LogP contribution in [0.4, 0.5) is 0 Å². The van der Waals surface area contributed by atoms with Crippen LogP contribution in [0.15, 0.2) is 41.3 Å². The SMILES string of the molecule is Cc1cc(=O)[nH]cc1C(=O)N1Cc2ccccc2C[C@H]1C(N)=O. The number of amides is 2. The Morgan fingerprint density at radius 1 is 1.26 bits per heavy atom. The van der Waals surface area contributed by atoms with Crippen molar-refractivity contribution in [1.29, 1.82) is 0 Å². The molecule has 0 unspecified atom stereocenters. The molecule has 6 nitrogen and oxygen atoms in total. The number of hydrogen-bond donors (Lipinski definition) is 2. The first-order valence-electron chi connectivity index (χ1n) is 7.34. The predicted octanol–water partition coefficient (Wildman–Crippen LogP) is 0.736. The zero-order valence-corrected chi connectivity index (χ0v) is 12.7. The van der Waals surface area contributed by atoms with Crippen molar-refractivity contribution >= 4 is 11.8 Å². The maximum atomic E-state index is 12.9. The molecule has 0 radical (unpaired) electrons. The molecule has 0 saturated heterocycles. The van der Waals surface area contributed by atoms with Gasteiger partial charge in [0.1, 0.15) is 6.04 Å². The molecular weight excluding hydrogens is 294 g/mol. The summed E-state index contributed by atoms with van der Waals surface area (Å²) in [5, 5.41) is 0. The zero-order chi connectivity index (χ0) is 16.6. The molecule has 2 heterocycles. The number of carbonyl (C=O) groups is 2. The fraction of sp³-hybridized carbons (Fsp3) is 0.235. The summed E-state index contributed by atoms with van der Waals surface area (Å²) in [5.41, 5.74) is 8.20. The van der Waals surface area contributed by atoms with E-state index in [1.165, 1.54) is 17.2 Å². The molecule has 1 aliphatic heterocycles. The van der Waals surface area contributed by atoms with Gasteiger partial charge in [0.15, 0.2) is 0 Å². The van der Waals surface area contributed by atoms with Crippen LogP contribution in [-0.2, 0) is 17.8 Å². The minimum Gasteiger partial charge on any atom is -0.368 e. The highest BCUT2D eigenvalue weighted by Crippen LogP contribution is 2.25. The number of hydrogen-bond acceptors (Lipinski definition) is 3. The van der Waals surface area contributed by atoms with E-state index in [0.717, 1.165) is 11.1 Å². The Labute approximate surface area is 132 Å². The minimum atomic E-state index is -0.691. The molecule has 0 saturated carbocycles. The van der Waals surface area contributed by atoms with Crippen molar-refractivity contribution in [2.45, 2.75) is 25.9 Å². The Morgan fingerprint density at radius 3 is 2.61 bits per heavy atom. The number of pyridine rings is 1. The van der Waals surface area contributed by atoms with Gasteiger partial charge in [0.25, 0.3) is 5.91 Å². The van der Waals surface area contributed by atoms with Gasteiger partial charge in [-0.3, -0.25) is 14.4 Å². The Kier molecular flexibility index (Phi) is 3.73. The lowest BCUT2D eigenvalue weighted by molar-refractivity contribution is -0.122. The van der Waals surface area contributed by atoms with Gasteiger partial charge in [-0.1, -0.05) is 24.3 Å². The van der Waals surface area contributed by atoms with Crippen LogP contribution in [0, 0.1) is 6.92 Å². The smallest absolute Gasteiger partial charge is 0.256 e. The van der Waals surface area contributed by atoms with Crippen molar-refractivity contribution in [2.24, 2.45) is 5.73 Å². The monoisotopic (exact) mass is 311 g/mol. The fourth-order valence-electron chi connectivity index (χ4n) is 2.95. The highest BCUT2D eigenvalue weighted by atomic mass is 16.2. The number of nitrogens with one attached hydrogen (secondary N) is 1. The van der Waals surface area contributed by atoms with Crippen LogP contribution in [0.1, 0.15) is 27.0 Å². The quantitative estimate of drug-likeness (QED) is 0.856. The average molecular weight is 311 g/mol. The van der Waals surface area contributed by atoms with Gasteiger partial charge in [-0.25, -0.2) is 0 Å². The molecular formula is C17H17N3O3. The van der Waals surface area contributed by atoms with Crippen molar-refractivity contribution in [1.82, 2.24) is 9.88 Å². The second-order valence-corrected chi connectivity index (χ2v) is 5.72. The summed E-state index contributed by atoms with van der Waals surface area (Å²) < 4.78 is 0. The molecule has 0 fully saturated rings. The van der Waals surface area contributed by atoms with Gasteiger partial charge >= 0.3 is 0 Å². The maximum Gasteiger partial charge on any atom is 0.256 e. The largest absolute Gasteiger partial charge is 0.368 e. The second-order valence-electron chi connectivity index (χ2n) is 5.72. The highest BCUT2D eigenvalue weighted by molar-refractivity contribution is 5.98. The Balaban J connectivity index is 2.01. The number of fused-ring (bicyclic) bond motifs is 1. The summed E-state index contributed by atoms with van der Waals surface area (Å²) in [6.07, 6.45) is 1.79. The molecule has 118 valence electrons. The van der Waals surface area contributed by atoms with Crippen molar-refractivity contribution in [3.8, 4) is 0 Å². The third kappa shape index (κ3) is 2.75. The van der Waals surface area contributed by atoms with Crippen molar-refractivity contribution in [2.75, 3.05) is 0 Å². The lowest BCUT2D eigenvalue weighted by Gasteiger charge is -2.35. The number of aromatic amines is 1. The first kappa shape index (κ1) is 15.0. The maximum absolute atomic E-state index is 12.9. The summed E-state index contributed by atoms with van der Waals surface area (Å²) in [4.78, 5) is 40.0. The van der Waals surface area contributed by atoms with E-state index in [2.05, 4.69) is 4.98 Å². The van der Waals surface area contributed by atoms with E-state index >= 15 is 0 Å². The van der Waals surface area contributed by atoms with Gasteiger partial charge in [0, 0.05) is 25.2 Å². The minimum absolute atomic E-state index is 0.269. The molecule has 1 atom stereocenters. The van der Waals surface area contributed by atoms with Crippen LogP contribution in [0.2, 0.25) is 0 Å². The number of rotatable bonds is 2. The number of benzene rings is 1. The van der Waals surface area contributed by atoms with Gasteiger partial charge in [-0.15, -0.1) is 0 Å². The molecule has 6 heteroatoms. The topological polar surface area (TPSA) is 96.3 Å². The lowest BCUT2D eigenvalue weighted by atomic mass is 9.93. The number of nitrogens with two attached hydrogens (primary N) is 1. The van der Waals surface area contributed by atoms with Crippen LogP contribution >= 0.6 is 0 Å². The van der Waals surface area contributed by atoms with E-state index in [1.807, 2.05) is 24.3 Å². The number of aromatic nitrogens is 1. The third-order valence-electron chi connectivity index (χ3n) is 4.20. The molecule has 23 heavy (non-hydrogen) atoms. The van der Waals surface area contributed by atoms with Crippen LogP contribution < -0.4 is 11.3 Å². The molecule has 1 aromatic carbocycles. The molecule has 0 aliphatic carbocycles. The first-order valence-corrected chi connectivity index (χ1v) is 7.34. The Morgan fingerprint density at radius 2 is 1.96 bits per heavy atom. The summed E-state index contributed by atoms with van der Waals surface area (Å²) in [6, 6.07) is 8.36. The van der Waals surface area contributed by atoms with Crippen LogP contribution in [-0.4, -0.2) is 27.7 Å². The van der Waals surface area contributed by atoms with E-state index in [9.17, 15) is 14.4 Å². The number of aryl methyl sites for hydroxylation is 1. The van der Waals surface area contributed by atoms with Crippen LogP contribution in [0.5, 0.6) is 0 Å². The summed E-state index contributed by atoms with van der Waals surface area (Å²) >= 11 is 0. The van der Waals surface area contributed by atoms with E-state index in [4.69, 9.17) is 5.73 Å². The molecule has 3 N–H and O–H groups in total. The normalized spacial score (nSPS) is 16.7. The molecule has 0 bridgehead atoms.